The Bertz CT molecular complexity index is 891. The van der Waals surface area contributed by atoms with Gasteiger partial charge < -0.3 is 15.0 Å². The van der Waals surface area contributed by atoms with Gasteiger partial charge in [0.2, 0.25) is 11.8 Å². The summed E-state index contributed by atoms with van der Waals surface area (Å²) in [4.78, 5) is 29.2. The minimum Gasteiger partial charge on any atom is -0.379 e. The Labute approximate surface area is 177 Å². The summed E-state index contributed by atoms with van der Waals surface area (Å²) in [5, 5.41) is 3.02. The lowest BCUT2D eigenvalue weighted by atomic mass is 10.1. The lowest BCUT2D eigenvalue weighted by Crippen LogP contribution is -2.35. The first kappa shape index (κ1) is 20.6. The van der Waals surface area contributed by atoms with Crippen LogP contribution in [0.15, 0.2) is 48.5 Å². The van der Waals surface area contributed by atoms with E-state index in [0.717, 1.165) is 49.7 Å². The van der Waals surface area contributed by atoms with E-state index in [4.69, 9.17) is 4.74 Å². The monoisotopic (exact) mass is 407 g/mol. The van der Waals surface area contributed by atoms with Crippen molar-refractivity contribution in [2.45, 2.75) is 26.4 Å². The number of hydrogen-bond donors (Lipinski definition) is 1. The number of nitrogens with one attached hydrogen (secondary N) is 1. The van der Waals surface area contributed by atoms with Crippen molar-refractivity contribution in [3.05, 3.63) is 65.2 Å². The van der Waals surface area contributed by atoms with Crippen LogP contribution in [-0.4, -0.2) is 49.6 Å². The molecule has 2 heterocycles. The van der Waals surface area contributed by atoms with Gasteiger partial charge in [0.1, 0.15) is 0 Å². The van der Waals surface area contributed by atoms with Crippen molar-refractivity contribution in [2.24, 2.45) is 5.92 Å². The van der Waals surface area contributed by atoms with Crippen molar-refractivity contribution in [1.29, 1.82) is 0 Å². The summed E-state index contributed by atoms with van der Waals surface area (Å²) < 4.78 is 5.41. The van der Waals surface area contributed by atoms with Crippen LogP contribution in [0.5, 0.6) is 0 Å². The van der Waals surface area contributed by atoms with Crippen molar-refractivity contribution < 1.29 is 14.3 Å². The number of aryl methyl sites for hydroxylation is 1. The molecule has 4 rings (SSSR count). The van der Waals surface area contributed by atoms with Crippen LogP contribution in [0.1, 0.15) is 23.1 Å². The van der Waals surface area contributed by atoms with E-state index in [1.807, 2.05) is 43.3 Å². The molecule has 1 N–H and O–H groups in total. The van der Waals surface area contributed by atoms with Gasteiger partial charge >= 0.3 is 0 Å². The Balaban J connectivity index is 1.31. The van der Waals surface area contributed by atoms with Crippen LogP contribution < -0.4 is 10.2 Å². The molecule has 0 bridgehead atoms. The normalized spacial score (nSPS) is 19.8. The molecule has 1 atom stereocenters. The second kappa shape index (κ2) is 9.41. The number of carbonyl (C=O) groups excluding carboxylic acids is 2. The lowest BCUT2D eigenvalue weighted by molar-refractivity contribution is -0.126. The van der Waals surface area contributed by atoms with Crippen molar-refractivity contribution in [2.75, 3.05) is 37.7 Å². The van der Waals surface area contributed by atoms with Gasteiger partial charge in [-0.1, -0.05) is 42.0 Å². The zero-order chi connectivity index (χ0) is 20.9. The standard InChI is InChI=1S/C24H29N3O3/c1-18-5-7-22(8-6-18)27-17-21(14-23(27)28)24(29)25-15-19-3-2-4-20(13-19)16-26-9-11-30-12-10-26/h2-8,13,21H,9-12,14-17H2,1H3,(H,25,29). The van der Waals surface area contributed by atoms with E-state index in [9.17, 15) is 9.59 Å². The first-order valence-corrected chi connectivity index (χ1v) is 10.6. The molecule has 2 fully saturated rings. The molecule has 0 aliphatic carbocycles. The average Bonchev–Trinajstić information content (AvgIpc) is 3.15. The average molecular weight is 408 g/mol. The zero-order valence-electron chi connectivity index (χ0n) is 17.5. The van der Waals surface area contributed by atoms with Gasteiger partial charge in [0.25, 0.3) is 0 Å². The number of benzene rings is 2. The van der Waals surface area contributed by atoms with Crippen molar-refractivity contribution in [1.82, 2.24) is 10.2 Å². The minimum atomic E-state index is -0.310. The van der Waals surface area contributed by atoms with Crippen LogP contribution in [0.2, 0.25) is 0 Å². The molecular weight excluding hydrogens is 378 g/mol. The van der Waals surface area contributed by atoms with Gasteiger partial charge in [-0.05, 0) is 30.2 Å². The van der Waals surface area contributed by atoms with Gasteiger partial charge in [-0.2, -0.15) is 0 Å². The fraction of sp³-hybridized carbons (Fsp3) is 0.417. The molecule has 0 saturated carbocycles. The summed E-state index contributed by atoms with van der Waals surface area (Å²) in [5.74, 6) is -0.363. The number of anilines is 1. The SMILES string of the molecule is Cc1ccc(N2CC(C(=O)NCc3cccc(CN4CCOCC4)c3)CC2=O)cc1. The molecule has 6 heteroatoms. The highest BCUT2D eigenvalue weighted by Gasteiger charge is 2.34. The van der Waals surface area contributed by atoms with Crippen LogP contribution in [0.4, 0.5) is 5.69 Å². The number of ether oxygens (including phenoxy) is 1. The molecule has 1 unspecified atom stereocenters. The fourth-order valence-corrected chi connectivity index (χ4v) is 4.05. The van der Waals surface area contributed by atoms with E-state index in [-0.39, 0.29) is 24.2 Å². The van der Waals surface area contributed by atoms with E-state index in [1.54, 1.807) is 4.90 Å². The molecule has 2 saturated heterocycles. The summed E-state index contributed by atoms with van der Waals surface area (Å²) >= 11 is 0. The third-order valence-electron chi connectivity index (χ3n) is 5.81. The van der Waals surface area contributed by atoms with Crippen LogP contribution in [0.25, 0.3) is 0 Å². The predicted octanol–water partition coefficient (Wildman–Crippen LogP) is 2.50. The van der Waals surface area contributed by atoms with Gasteiger partial charge in [-0.15, -0.1) is 0 Å². The number of hydrogen-bond acceptors (Lipinski definition) is 4. The second-order valence-electron chi connectivity index (χ2n) is 8.17. The smallest absolute Gasteiger partial charge is 0.227 e. The molecule has 158 valence electrons. The topological polar surface area (TPSA) is 61.9 Å². The number of amides is 2. The van der Waals surface area contributed by atoms with Gasteiger partial charge in [-0.3, -0.25) is 14.5 Å². The Morgan fingerprint density at radius 2 is 1.83 bits per heavy atom. The fourth-order valence-electron chi connectivity index (χ4n) is 4.05. The van der Waals surface area contributed by atoms with Crippen LogP contribution >= 0.6 is 0 Å². The third-order valence-corrected chi connectivity index (χ3v) is 5.81. The van der Waals surface area contributed by atoms with E-state index < -0.39 is 0 Å². The minimum absolute atomic E-state index is 0.00603. The number of rotatable bonds is 6. The van der Waals surface area contributed by atoms with Gasteiger partial charge in [0.15, 0.2) is 0 Å². The molecule has 2 amide bonds. The van der Waals surface area contributed by atoms with Crippen molar-refractivity contribution in [3.63, 3.8) is 0 Å². The maximum absolute atomic E-state index is 12.7. The Kier molecular flexibility index (Phi) is 6.45. The highest BCUT2D eigenvalue weighted by molar-refractivity contribution is 6.00. The van der Waals surface area contributed by atoms with Gasteiger partial charge in [-0.25, -0.2) is 0 Å². The predicted molar refractivity (Wildman–Crippen MR) is 116 cm³/mol. The highest BCUT2D eigenvalue weighted by Crippen LogP contribution is 2.25. The van der Waals surface area contributed by atoms with Crippen molar-refractivity contribution >= 4 is 17.5 Å². The second-order valence-corrected chi connectivity index (χ2v) is 8.17. The van der Waals surface area contributed by atoms with Crippen LogP contribution in [-0.2, 0) is 27.4 Å². The highest BCUT2D eigenvalue weighted by atomic mass is 16.5. The first-order chi connectivity index (χ1) is 14.6. The molecule has 2 aliphatic heterocycles. The van der Waals surface area contributed by atoms with E-state index in [0.29, 0.717) is 13.1 Å². The molecular formula is C24H29N3O3. The third kappa shape index (κ3) is 5.07. The quantitative estimate of drug-likeness (QED) is 0.799. The molecule has 0 radical (unpaired) electrons. The largest absolute Gasteiger partial charge is 0.379 e. The number of morpholine rings is 1. The molecule has 0 aromatic heterocycles. The Morgan fingerprint density at radius 1 is 1.10 bits per heavy atom. The number of nitrogens with zero attached hydrogens (tertiary/aromatic N) is 2. The maximum Gasteiger partial charge on any atom is 0.227 e. The van der Waals surface area contributed by atoms with E-state index >= 15 is 0 Å². The van der Waals surface area contributed by atoms with Gasteiger partial charge in [0, 0.05) is 44.8 Å². The van der Waals surface area contributed by atoms with Gasteiger partial charge in [0.05, 0.1) is 19.1 Å². The van der Waals surface area contributed by atoms with Crippen LogP contribution in [0, 0.1) is 12.8 Å². The van der Waals surface area contributed by atoms with Crippen molar-refractivity contribution in [3.8, 4) is 0 Å². The molecule has 2 aliphatic rings. The summed E-state index contributed by atoms with van der Waals surface area (Å²) in [7, 11) is 0. The van der Waals surface area contributed by atoms with E-state index in [1.165, 1.54) is 5.56 Å². The lowest BCUT2D eigenvalue weighted by Gasteiger charge is -2.26. The zero-order valence-corrected chi connectivity index (χ0v) is 17.5. The number of carbonyl (C=O) groups is 2. The van der Waals surface area contributed by atoms with Crippen LogP contribution in [0.3, 0.4) is 0 Å². The first-order valence-electron chi connectivity index (χ1n) is 10.6. The summed E-state index contributed by atoms with van der Waals surface area (Å²) in [6, 6.07) is 16.2. The summed E-state index contributed by atoms with van der Waals surface area (Å²) in [5.41, 5.74) is 4.33. The Hall–Kier alpha value is -2.70. The molecule has 2 aromatic rings. The molecule has 6 nitrogen and oxygen atoms in total. The van der Waals surface area contributed by atoms with E-state index in [2.05, 4.69) is 22.3 Å². The molecule has 2 aromatic carbocycles. The maximum atomic E-state index is 12.7. The Morgan fingerprint density at radius 3 is 2.60 bits per heavy atom. The molecule has 30 heavy (non-hydrogen) atoms. The summed E-state index contributed by atoms with van der Waals surface area (Å²) in [6.07, 6.45) is 0.261. The summed E-state index contributed by atoms with van der Waals surface area (Å²) in [6.45, 7) is 7.30. The molecule has 0 spiro atoms.